The molecule has 0 radical (unpaired) electrons. The largest absolute Gasteiger partial charge is 0.460 e. The third-order valence-corrected chi connectivity index (χ3v) is 7.52. The molecule has 0 saturated heterocycles. The lowest BCUT2D eigenvalue weighted by Crippen LogP contribution is -2.46. The predicted octanol–water partition coefficient (Wildman–Crippen LogP) is 6.48. The molecular weight excluding hydrogens is 553 g/mol. The van der Waals surface area contributed by atoms with Crippen LogP contribution in [0.15, 0.2) is 39.7 Å². The fraction of sp³-hybridized carbons (Fsp3) is 0.679. The quantitative estimate of drug-likeness (QED) is 0.132. The van der Waals surface area contributed by atoms with Gasteiger partial charge in [-0.3, -0.25) is 9.80 Å². The second-order valence-electron chi connectivity index (χ2n) is 12.2. The Morgan fingerprint density at radius 1 is 1.14 bits per heavy atom. The van der Waals surface area contributed by atoms with Crippen molar-refractivity contribution in [2.75, 3.05) is 6.61 Å². The molecule has 6 nitrogen and oxygen atoms in total. The van der Waals surface area contributed by atoms with Gasteiger partial charge in [0.15, 0.2) is 0 Å². The first kappa shape index (κ1) is 28.3. The summed E-state index contributed by atoms with van der Waals surface area (Å²) in [4.78, 5) is 12.7. The number of carbonyl (C=O) groups excluding carboxylic acids is 1. The van der Waals surface area contributed by atoms with Crippen LogP contribution in [0.25, 0.3) is 0 Å². The average molecular weight is 598 g/mol. The molecule has 0 aromatic heterocycles. The van der Waals surface area contributed by atoms with Crippen molar-refractivity contribution in [3.8, 4) is 0 Å². The number of nitrogens with one attached hydrogen (secondary N) is 2. The fourth-order valence-corrected chi connectivity index (χ4v) is 6.05. The van der Waals surface area contributed by atoms with Crippen LogP contribution in [-0.2, 0) is 20.9 Å². The van der Waals surface area contributed by atoms with E-state index < -0.39 is 5.60 Å². The molecule has 0 bridgehead atoms. The standard InChI is InChI=1S/C28H44IN3O3/c1-27(2,3)18-21-15-22(16-21)25-26(29)32(31-30-25)23(17-24(33)35-28(4,5)6)13-10-14-34-19-20-11-8-7-9-12-20/h7-9,11-12,21-23,30-31H,10,13-19H2,1-6H3/t21-,22+,23-/m0/s1. The molecule has 2 N–H and O–H groups in total. The molecule has 1 aromatic rings. The summed E-state index contributed by atoms with van der Waals surface area (Å²) in [7, 11) is 0. The summed E-state index contributed by atoms with van der Waals surface area (Å²) < 4.78 is 12.7. The van der Waals surface area contributed by atoms with E-state index in [1.165, 1.54) is 34.2 Å². The summed E-state index contributed by atoms with van der Waals surface area (Å²) in [5.74, 6) is 1.19. The number of halogens is 1. The molecule has 2 aliphatic rings. The van der Waals surface area contributed by atoms with Crippen LogP contribution in [0.3, 0.4) is 0 Å². The SMILES string of the molecule is CC(C)(C)C[C@H]1C[C@@H](C2=C(I)N([C@@H](CCCOCc3ccccc3)CC(=O)OC(C)(C)C)NN2)C1. The number of nitrogens with zero attached hydrogens (tertiary/aromatic N) is 1. The minimum Gasteiger partial charge on any atom is -0.460 e. The molecule has 7 heteroatoms. The number of rotatable bonds is 11. The lowest BCUT2D eigenvalue weighted by molar-refractivity contribution is -0.156. The van der Waals surface area contributed by atoms with Crippen molar-refractivity contribution >= 4 is 28.6 Å². The van der Waals surface area contributed by atoms with E-state index in [1.54, 1.807) is 0 Å². The minimum absolute atomic E-state index is 0.00692. The van der Waals surface area contributed by atoms with E-state index in [9.17, 15) is 4.79 Å². The zero-order valence-corrected chi connectivity index (χ0v) is 24.5. The number of carbonyl (C=O) groups is 1. The summed E-state index contributed by atoms with van der Waals surface area (Å²) in [5.41, 5.74) is 9.13. The zero-order valence-electron chi connectivity index (χ0n) is 22.3. The average Bonchev–Trinajstić information content (AvgIpc) is 3.09. The lowest BCUT2D eigenvalue weighted by Gasteiger charge is -2.39. The number of ether oxygens (including phenoxy) is 2. The molecule has 0 amide bonds. The molecule has 1 aliphatic heterocycles. The van der Waals surface area contributed by atoms with Crippen LogP contribution < -0.4 is 11.0 Å². The summed E-state index contributed by atoms with van der Waals surface area (Å²) in [5, 5.41) is 2.13. The van der Waals surface area contributed by atoms with Gasteiger partial charge in [0.25, 0.3) is 0 Å². The Morgan fingerprint density at radius 3 is 2.46 bits per heavy atom. The van der Waals surface area contributed by atoms with Crippen LogP contribution in [0.4, 0.5) is 0 Å². The Balaban J connectivity index is 1.57. The van der Waals surface area contributed by atoms with Crippen LogP contribution in [0.1, 0.15) is 85.6 Å². The Morgan fingerprint density at radius 2 is 1.83 bits per heavy atom. The number of hydrogen-bond donors (Lipinski definition) is 2. The number of allylic oxidation sites excluding steroid dienone is 1. The Hall–Kier alpha value is -1.32. The van der Waals surface area contributed by atoms with E-state index in [0.29, 0.717) is 31.0 Å². The smallest absolute Gasteiger partial charge is 0.308 e. The first-order chi connectivity index (χ1) is 16.4. The van der Waals surface area contributed by atoms with Crippen molar-refractivity contribution in [3.63, 3.8) is 0 Å². The Kier molecular flexibility index (Phi) is 9.91. The molecule has 1 atom stereocenters. The maximum Gasteiger partial charge on any atom is 0.308 e. The molecule has 0 spiro atoms. The van der Waals surface area contributed by atoms with Gasteiger partial charge in [-0.25, -0.2) is 0 Å². The van der Waals surface area contributed by atoms with E-state index >= 15 is 0 Å². The molecule has 35 heavy (non-hydrogen) atoms. The Labute approximate surface area is 225 Å². The van der Waals surface area contributed by atoms with Gasteiger partial charge < -0.3 is 14.9 Å². The molecule has 0 unspecified atom stereocenters. The topological polar surface area (TPSA) is 62.8 Å². The maximum absolute atomic E-state index is 12.7. The molecular formula is C28H44IN3O3. The number of hydrogen-bond acceptors (Lipinski definition) is 6. The molecule has 1 saturated carbocycles. The minimum atomic E-state index is -0.487. The van der Waals surface area contributed by atoms with Crippen LogP contribution in [-0.4, -0.2) is 29.2 Å². The van der Waals surface area contributed by atoms with Gasteiger partial charge in [0, 0.05) is 12.5 Å². The van der Waals surface area contributed by atoms with E-state index in [4.69, 9.17) is 9.47 Å². The number of benzene rings is 1. The second kappa shape index (κ2) is 12.3. The van der Waals surface area contributed by atoms with Gasteiger partial charge in [-0.1, -0.05) is 51.1 Å². The zero-order chi connectivity index (χ0) is 25.6. The van der Waals surface area contributed by atoms with Crippen molar-refractivity contribution in [3.05, 3.63) is 45.3 Å². The maximum atomic E-state index is 12.7. The molecule has 1 aliphatic carbocycles. The normalized spacial score (nSPS) is 21.5. The summed E-state index contributed by atoms with van der Waals surface area (Å²) in [6, 6.07) is 10.2. The van der Waals surface area contributed by atoms with Crippen molar-refractivity contribution in [2.24, 2.45) is 17.3 Å². The van der Waals surface area contributed by atoms with Gasteiger partial charge in [-0.05, 0) is 92.4 Å². The Bertz CT molecular complexity index is 854. The van der Waals surface area contributed by atoms with E-state index in [0.717, 1.165) is 18.8 Å². The molecule has 196 valence electrons. The molecule has 1 aromatic carbocycles. The fourth-order valence-electron chi connectivity index (χ4n) is 4.96. The van der Waals surface area contributed by atoms with Gasteiger partial charge in [-0.2, -0.15) is 0 Å². The van der Waals surface area contributed by atoms with Crippen molar-refractivity contribution < 1.29 is 14.3 Å². The van der Waals surface area contributed by atoms with Crippen LogP contribution in [0.2, 0.25) is 0 Å². The highest BCUT2D eigenvalue weighted by atomic mass is 127. The van der Waals surface area contributed by atoms with E-state index in [2.05, 4.69) is 71.5 Å². The van der Waals surface area contributed by atoms with Crippen molar-refractivity contribution in [1.82, 2.24) is 16.0 Å². The van der Waals surface area contributed by atoms with Gasteiger partial charge >= 0.3 is 5.97 Å². The van der Waals surface area contributed by atoms with Gasteiger partial charge in [-0.15, -0.1) is 5.53 Å². The van der Waals surface area contributed by atoms with Crippen LogP contribution in [0, 0.1) is 17.3 Å². The highest BCUT2D eigenvalue weighted by Crippen LogP contribution is 2.46. The molecule has 1 fully saturated rings. The first-order valence-corrected chi connectivity index (χ1v) is 14.0. The van der Waals surface area contributed by atoms with Crippen molar-refractivity contribution in [2.45, 2.75) is 98.3 Å². The van der Waals surface area contributed by atoms with E-state index in [-0.39, 0.29) is 12.0 Å². The van der Waals surface area contributed by atoms with Gasteiger partial charge in [0.1, 0.15) is 9.30 Å². The summed E-state index contributed by atoms with van der Waals surface area (Å²) in [6.45, 7) is 14.0. The van der Waals surface area contributed by atoms with Gasteiger partial charge in [0.2, 0.25) is 0 Å². The van der Waals surface area contributed by atoms with Crippen LogP contribution >= 0.6 is 22.6 Å². The second-order valence-corrected chi connectivity index (χ2v) is 13.3. The van der Waals surface area contributed by atoms with Crippen LogP contribution in [0.5, 0.6) is 0 Å². The highest BCUT2D eigenvalue weighted by molar-refractivity contribution is 14.1. The third-order valence-electron chi connectivity index (χ3n) is 6.41. The lowest BCUT2D eigenvalue weighted by atomic mass is 9.67. The molecule has 1 heterocycles. The van der Waals surface area contributed by atoms with Gasteiger partial charge in [0.05, 0.1) is 24.8 Å². The van der Waals surface area contributed by atoms with E-state index in [1.807, 2.05) is 39.0 Å². The third kappa shape index (κ3) is 9.25. The van der Waals surface area contributed by atoms with Crippen molar-refractivity contribution in [1.29, 1.82) is 0 Å². The first-order valence-electron chi connectivity index (χ1n) is 13.0. The number of hydrazine groups is 2. The summed E-state index contributed by atoms with van der Waals surface area (Å²) >= 11 is 2.43. The summed E-state index contributed by atoms with van der Waals surface area (Å²) in [6.07, 6.45) is 5.77. The highest BCUT2D eigenvalue weighted by Gasteiger charge is 2.39. The predicted molar refractivity (Wildman–Crippen MR) is 149 cm³/mol. The molecule has 3 rings (SSSR count). The number of esters is 1. The monoisotopic (exact) mass is 597 g/mol.